The highest BCUT2D eigenvalue weighted by atomic mass is 15.3. The number of benzene rings is 1. The lowest BCUT2D eigenvalue weighted by Gasteiger charge is -2.27. The van der Waals surface area contributed by atoms with Crippen LogP contribution >= 0.6 is 0 Å². The van der Waals surface area contributed by atoms with Crippen molar-refractivity contribution in [2.75, 3.05) is 0 Å². The molecule has 26 heavy (non-hydrogen) atoms. The van der Waals surface area contributed by atoms with Gasteiger partial charge in [0.1, 0.15) is 5.82 Å². The monoisotopic (exact) mass is 348 g/mol. The molecule has 2 aliphatic rings. The molecule has 6 nitrogen and oxygen atoms in total. The highest BCUT2D eigenvalue weighted by molar-refractivity contribution is 5.55. The molecule has 2 unspecified atom stereocenters. The van der Waals surface area contributed by atoms with E-state index in [0.29, 0.717) is 12.1 Å². The molecular formula is C20H24N6. The van der Waals surface area contributed by atoms with Gasteiger partial charge in [0, 0.05) is 44.2 Å². The van der Waals surface area contributed by atoms with E-state index in [1.54, 1.807) is 0 Å². The lowest BCUT2D eigenvalue weighted by molar-refractivity contribution is 0.176. The Morgan fingerprint density at radius 1 is 1.08 bits per heavy atom. The topological polar surface area (TPSA) is 51.8 Å². The van der Waals surface area contributed by atoms with Gasteiger partial charge in [0.15, 0.2) is 5.82 Å². The van der Waals surface area contributed by atoms with Gasteiger partial charge < -0.3 is 4.57 Å². The van der Waals surface area contributed by atoms with E-state index in [9.17, 15) is 0 Å². The smallest absolute Gasteiger partial charge is 0.164 e. The zero-order valence-corrected chi connectivity index (χ0v) is 15.3. The van der Waals surface area contributed by atoms with E-state index in [0.717, 1.165) is 42.4 Å². The summed E-state index contributed by atoms with van der Waals surface area (Å²) in [6.07, 6.45) is 3.47. The summed E-state index contributed by atoms with van der Waals surface area (Å²) < 4.78 is 4.37. The van der Waals surface area contributed by atoms with E-state index in [-0.39, 0.29) is 0 Å². The average molecular weight is 348 g/mol. The first-order valence-electron chi connectivity index (χ1n) is 9.42. The predicted octanol–water partition coefficient (Wildman–Crippen LogP) is 2.58. The molecule has 1 aromatic carbocycles. The second-order valence-corrected chi connectivity index (χ2v) is 7.58. The van der Waals surface area contributed by atoms with Crippen molar-refractivity contribution in [3.05, 3.63) is 53.6 Å². The normalized spacial score (nSPS) is 22.4. The molecule has 1 saturated heterocycles. The molecule has 134 valence electrons. The Morgan fingerprint density at radius 3 is 2.65 bits per heavy atom. The Hall–Kier alpha value is -2.47. The first kappa shape index (κ1) is 15.8. The molecule has 2 atom stereocenters. The Labute approximate surface area is 153 Å². The summed E-state index contributed by atoms with van der Waals surface area (Å²) in [6, 6.07) is 13.7. The van der Waals surface area contributed by atoms with Crippen molar-refractivity contribution in [1.29, 1.82) is 0 Å². The molecule has 2 aromatic heterocycles. The lowest BCUT2D eigenvalue weighted by atomic mass is 10.1. The van der Waals surface area contributed by atoms with E-state index in [4.69, 9.17) is 0 Å². The summed E-state index contributed by atoms with van der Waals surface area (Å²) in [5, 5.41) is 13.6. The van der Waals surface area contributed by atoms with Gasteiger partial charge in [0.2, 0.25) is 0 Å². The maximum absolute atomic E-state index is 4.54. The molecule has 0 saturated carbocycles. The number of fused-ring (bicyclic) bond motifs is 3. The fraction of sp³-hybridized carbons (Fsp3) is 0.450. The van der Waals surface area contributed by atoms with E-state index < -0.39 is 0 Å². The quantitative estimate of drug-likeness (QED) is 0.730. The van der Waals surface area contributed by atoms with Crippen LogP contribution in [-0.2, 0) is 26.6 Å². The summed E-state index contributed by atoms with van der Waals surface area (Å²) in [5.41, 5.74) is 3.53. The first-order chi connectivity index (χ1) is 12.7. The van der Waals surface area contributed by atoms with Gasteiger partial charge in [0.05, 0.1) is 11.4 Å². The third-order valence-electron chi connectivity index (χ3n) is 5.89. The number of hydrogen-bond donors (Lipinski definition) is 0. The minimum absolute atomic E-state index is 0.537. The summed E-state index contributed by atoms with van der Waals surface area (Å²) in [7, 11) is 2.05. The molecule has 1 fully saturated rings. The third-order valence-corrected chi connectivity index (χ3v) is 5.89. The van der Waals surface area contributed by atoms with E-state index >= 15 is 0 Å². The van der Waals surface area contributed by atoms with Crippen molar-refractivity contribution < 1.29 is 0 Å². The van der Waals surface area contributed by atoms with Gasteiger partial charge in [0.25, 0.3) is 0 Å². The molecular weight excluding hydrogens is 324 g/mol. The highest BCUT2D eigenvalue weighted by Crippen LogP contribution is 2.34. The van der Waals surface area contributed by atoms with Gasteiger partial charge in [-0.3, -0.25) is 9.58 Å². The van der Waals surface area contributed by atoms with E-state index in [2.05, 4.69) is 62.0 Å². The highest BCUT2D eigenvalue weighted by Gasteiger charge is 2.38. The summed E-state index contributed by atoms with van der Waals surface area (Å²) in [5.74, 6) is 2.13. The summed E-state index contributed by atoms with van der Waals surface area (Å²) in [4.78, 5) is 2.67. The van der Waals surface area contributed by atoms with Gasteiger partial charge >= 0.3 is 0 Å². The minimum atomic E-state index is 0.537. The molecule has 5 rings (SSSR count). The van der Waals surface area contributed by atoms with E-state index in [1.165, 1.54) is 18.5 Å². The fourth-order valence-electron chi connectivity index (χ4n) is 4.59. The van der Waals surface area contributed by atoms with Gasteiger partial charge in [-0.15, -0.1) is 10.2 Å². The van der Waals surface area contributed by atoms with Gasteiger partial charge in [-0.05, 0) is 25.8 Å². The zero-order valence-electron chi connectivity index (χ0n) is 15.3. The SMILES string of the molecule is Cc1cc(CN2C3CCC2Cn2c(nnc2-c2ccccc2)C3)n(C)n1. The molecule has 0 aliphatic carbocycles. The Bertz CT molecular complexity index is 925. The van der Waals surface area contributed by atoms with Gasteiger partial charge in [-0.1, -0.05) is 30.3 Å². The number of aromatic nitrogens is 5. The van der Waals surface area contributed by atoms with Crippen molar-refractivity contribution in [2.45, 2.75) is 51.4 Å². The van der Waals surface area contributed by atoms with Crippen LogP contribution in [-0.4, -0.2) is 41.5 Å². The maximum Gasteiger partial charge on any atom is 0.164 e. The standard InChI is InChI=1S/C20H24N6/c1-14-10-18(24(2)23-14)13-25-16-8-9-17(25)12-26-19(11-16)21-22-20(26)15-6-4-3-5-7-15/h3-7,10,16-17H,8-9,11-13H2,1-2H3. The number of rotatable bonds is 3. The van der Waals surface area contributed by atoms with Crippen LogP contribution in [0.4, 0.5) is 0 Å². The minimum Gasteiger partial charge on any atom is -0.309 e. The van der Waals surface area contributed by atoms with Crippen LogP contribution in [0.25, 0.3) is 11.4 Å². The number of nitrogens with zero attached hydrogens (tertiary/aromatic N) is 6. The van der Waals surface area contributed by atoms with Crippen LogP contribution in [0.1, 0.15) is 30.1 Å². The van der Waals surface area contributed by atoms with Crippen LogP contribution in [0, 0.1) is 6.92 Å². The zero-order chi connectivity index (χ0) is 17.7. The third kappa shape index (κ3) is 2.56. The molecule has 6 heteroatoms. The fourth-order valence-corrected chi connectivity index (χ4v) is 4.59. The number of aryl methyl sites for hydroxylation is 2. The lowest BCUT2D eigenvalue weighted by Crippen LogP contribution is -2.37. The molecule has 0 N–H and O–H groups in total. The van der Waals surface area contributed by atoms with Crippen LogP contribution in [0.2, 0.25) is 0 Å². The first-order valence-corrected chi connectivity index (χ1v) is 9.42. The van der Waals surface area contributed by atoms with Crippen molar-refractivity contribution in [2.24, 2.45) is 7.05 Å². The second kappa shape index (κ2) is 6.06. The molecule has 0 amide bonds. The summed E-state index contributed by atoms with van der Waals surface area (Å²) >= 11 is 0. The largest absolute Gasteiger partial charge is 0.309 e. The molecule has 0 spiro atoms. The molecule has 2 aliphatic heterocycles. The predicted molar refractivity (Wildman–Crippen MR) is 99.5 cm³/mol. The molecule has 4 heterocycles. The van der Waals surface area contributed by atoms with Crippen molar-refractivity contribution in [3.63, 3.8) is 0 Å². The number of hydrogen-bond acceptors (Lipinski definition) is 4. The Morgan fingerprint density at radius 2 is 1.88 bits per heavy atom. The van der Waals surface area contributed by atoms with Crippen molar-refractivity contribution >= 4 is 0 Å². The average Bonchev–Trinajstić information content (AvgIpc) is 3.25. The summed E-state index contributed by atoms with van der Waals surface area (Å²) in [6.45, 7) is 4.00. The van der Waals surface area contributed by atoms with Gasteiger partial charge in [-0.2, -0.15) is 5.10 Å². The molecule has 2 bridgehead atoms. The van der Waals surface area contributed by atoms with Crippen molar-refractivity contribution in [3.8, 4) is 11.4 Å². The Balaban J connectivity index is 1.46. The second-order valence-electron chi connectivity index (χ2n) is 7.58. The van der Waals surface area contributed by atoms with E-state index in [1.807, 2.05) is 17.8 Å². The van der Waals surface area contributed by atoms with Crippen LogP contribution in [0.15, 0.2) is 36.4 Å². The Kier molecular flexibility index (Phi) is 3.67. The van der Waals surface area contributed by atoms with Crippen LogP contribution < -0.4 is 0 Å². The maximum atomic E-state index is 4.54. The van der Waals surface area contributed by atoms with Crippen LogP contribution in [0.3, 0.4) is 0 Å². The van der Waals surface area contributed by atoms with Crippen molar-refractivity contribution in [1.82, 2.24) is 29.4 Å². The van der Waals surface area contributed by atoms with Gasteiger partial charge in [-0.25, -0.2) is 0 Å². The molecule has 0 radical (unpaired) electrons. The van der Waals surface area contributed by atoms with Crippen LogP contribution in [0.5, 0.6) is 0 Å². The molecule has 3 aromatic rings.